The molecular weight excluding hydrogens is 436 g/mol. The summed E-state index contributed by atoms with van der Waals surface area (Å²) >= 11 is 0. The van der Waals surface area contributed by atoms with E-state index in [1.165, 1.54) is 16.7 Å². The smallest absolute Gasteiger partial charge is 0.216 e. The summed E-state index contributed by atoms with van der Waals surface area (Å²) < 4.78 is 18.4. The molecule has 2 saturated carbocycles. The van der Waals surface area contributed by atoms with Crippen LogP contribution in [0, 0.1) is 11.8 Å². The van der Waals surface area contributed by atoms with Gasteiger partial charge in [0.15, 0.2) is 5.79 Å². The summed E-state index contributed by atoms with van der Waals surface area (Å²) in [5.74, 6) is 1.30. The van der Waals surface area contributed by atoms with Crippen molar-refractivity contribution >= 4 is 12.1 Å². The fourth-order valence-corrected chi connectivity index (χ4v) is 5.07. The van der Waals surface area contributed by atoms with Gasteiger partial charge in [0, 0.05) is 41.9 Å². The Labute approximate surface area is 213 Å². The Morgan fingerprint density at radius 2 is 1.80 bits per heavy atom. The highest BCUT2D eigenvalue weighted by molar-refractivity contribution is 5.94. The number of nitrogens with zero attached hydrogens (tertiary/aromatic N) is 2. The van der Waals surface area contributed by atoms with Gasteiger partial charge in [0.25, 0.3) is 0 Å². The molecule has 1 spiro atoms. The van der Waals surface area contributed by atoms with Crippen LogP contribution >= 0.6 is 0 Å². The second kappa shape index (κ2) is 13.4. The van der Waals surface area contributed by atoms with Crippen LogP contribution in [0.3, 0.4) is 0 Å². The summed E-state index contributed by atoms with van der Waals surface area (Å²) in [4.78, 5) is 9.65. The lowest BCUT2D eigenvalue weighted by Crippen LogP contribution is -2.36. The molecule has 3 fully saturated rings. The molecule has 5 nitrogen and oxygen atoms in total. The average Bonchev–Trinajstić information content (AvgIpc) is 3.50. The molecule has 3 rings (SSSR count). The summed E-state index contributed by atoms with van der Waals surface area (Å²) in [5, 5.41) is 0. The SMILES string of the molecule is CC=C(C(=NC(C)=CCCC)OCC1C\C1=C(C)/N=C\C(C)=C/CC)C1CCC2(CC1)OCCO2. The number of hydrogen-bond acceptors (Lipinski definition) is 5. The Kier molecular flexibility index (Phi) is 10.5. The van der Waals surface area contributed by atoms with E-state index < -0.39 is 0 Å². The number of unbranched alkanes of at least 4 members (excludes halogenated alkanes) is 1. The van der Waals surface area contributed by atoms with E-state index in [0.29, 0.717) is 31.7 Å². The number of hydrogen-bond donors (Lipinski definition) is 0. The van der Waals surface area contributed by atoms with Crippen LogP contribution in [-0.4, -0.2) is 37.7 Å². The Balaban J connectivity index is 1.68. The Morgan fingerprint density at radius 1 is 1.09 bits per heavy atom. The van der Waals surface area contributed by atoms with Gasteiger partial charge in [0.1, 0.15) is 0 Å². The maximum absolute atomic E-state index is 6.47. The standard InChI is InChI=1S/C30H46N2O3/c1-7-10-12-23(5)32-29(27(9-3)25-13-15-30(16-14-25)34-17-18-35-30)33-21-26-19-28(26)24(6)31-20-22(4)11-8-2/h9,11-12,20,25-26H,7-8,10,13-19,21H2,1-6H3/b22-11-,23-12?,27-9?,28-24+,31-20-,32-29?. The van der Waals surface area contributed by atoms with E-state index in [0.717, 1.165) is 68.7 Å². The van der Waals surface area contributed by atoms with Gasteiger partial charge >= 0.3 is 0 Å². The molecule has 1 atom stereocenters. The normalized spacial score (nSPS) is 25.6. The molecule has 1 heterocycles. The zero-order valence-electron chi connectivity index (χ0n) is 22.9. The van der Waals surface area contributed by atoms with Gasteiger partial charge in [-0.2, -0.15) is 0 Å². The van der Waals surface area contributed by atoms with Crippen molar-refractivity contribution in [2.75, 3.05) is 19.8 Å². The summed E-state index contributed by atoms with van der Waals surface area (Å²) in [6.45, 7) is 14.8. The minimum absolute atomic E-state index is 0.346. The average molecular weight is 483 g/mol. The fraction of sp³-hybridized carbons (Fsp3) is 0.667. The van der Waals surface area contributed by atoms with E-state index in [2.05, 4.69) is 64.8 Å². The minimum atomic E-state index is -0.346. The Hall–Kier alpha value is -1.98. The lowest BCUT2D eigenvalue weighted by molar-refractivity contribution is -0.180. The highest BCUT2D eigenvalue weighted by Gasteiger charge is 2.42. The molecule has 0 aromatic heterocycles. The molecule has 1 unspecified atom stereocenters. The van der Waals surface area contributed by atoms with Gasteiger partial charge in [0.2, 0.25) is 5.90 Å². The molecule has 1 aliphatic heterocycles. The molecule has 5 heteroatoms. The molecule has 0 aromatic rings. The minimum Gasteiger partial charge on any atom is -0.477 e. The largest absolute Gasteiger partial charge is 0.477 e. The predicted molar refractivity (Wildman–Crippen MR) is 146 cm³/mol. The third-order valence-electron chi connectivity index (χ3n) is 7.24. The molecule has 35 heavy (non-hydrogen) atoms. The zero-order valence-corrected chi connectivity index (χ0v) is 22.9. The number of rotatable bonds is 10. The quantitative estimate of drug-likeness (QED) is 0.237. The fourth-order valence-electron chi connectivity index (χ4n) is 5.07. The van der Waals surface area contributed by atoms with Gasteiger partial charge in [-0.3, -0.25) is 4.99 Å². The predicted octanol–water partition coefficient (Wildman–Crippen LogP) is 7.71. The van der Waals surface area contributed by atoms with Crippen LogP contribution in [-0.2, 0) is 14.2 Å². The number of ether oxygens (including phenoxy) is 3. The summed E-state index contributed by atoms with van der Waals surface area (Å²) in [7, 11) is 0. The Morgan fingerprint density at radius 3 is 2.43 bits per heavy atom. The molecule has 0 N–H and O–H groups in total. The second-order valence-electron chi connectivity index (χ2n) is 10.1. The summed E-state index contributed by atoms with van der Waals surface area (Å²) in [6, 6.07) is 0. The molecule has 2 aliphatic carbocycles. The monoisotopic (exact) mass is 482 g/mol. The first-order chi connectivity index (χ1) is 16.9. The maximum Gasteiger partial charge on any atom is 0.216 e. The van der Waals surface area contributed by atoms with E-state index in [4.69, 9.17) is 19.2 Å². The molecular formula is C30H46N2O3. The molecule has 3 aliphatic rings. The highest BCUT2D eigenvalue weighted by atomic mass is 16.7. The van der Waals surface area contributed by atoms with Gasteiger partial charge in [-0.25, -0.2) is 4.99 Å². The van der Waals surface area contributed by atoms with Gasteiger partial charge in [-0.1, -0.05) is 38.5 Å². The van der Waals surface area contributed by atoms with Crippen LogP contribution < -0.4 is 0 Å². The second-order valence-corrected chi connectivity index (χ2v) is 10.1. The summed E-state index contributed by atoms with van der Waals surface area (Å²) in [5.41, 5.74) is 6.00. The number of allylic oxidation sites excluding steroid dienone is 6. The van der Waals surface area contributed by atoms with E-state index in [1.807, 2.05) is 6.21 Å². The van der Waals surface area contributed by atoms with Gasteiger partial charge in [-0.15, -0.1) is 0 Å². The van der Waals surface area contributed by atoms with Crippen molar-refractivity contribution in [1.29, 1.82) is 0 Å². The third kappa shape index (κ3) is 8.01. The van der Waals surface area contributed by atoms with Crippen molar-refractivity contribution in [2.24, 2.45) is 21.8 Å². The van der Waals surface area contributed by atoms with Gasteiger partial charge in [0.05, 0.1) is 19.8 Å². The van der Waals surface area contributed by atoms with E-state index in [-0.39, 0.29) is 5.79 Å². The van der Waals surface area contributed by atoms with Crippen molar-refractivity contribution in [3.8, 4) is 0 Å². The van der Waals surface area contributed by atoms with E-state index in [9.17, 15) is 0 Å². The van der Waals surface area contributed by atoms with Crippen LogP contribution in [0.4, 0.5) is 0 Å². The van der Waals surface area contributed by atoms with E-state index in [1.54, 1.807) is 0 Å². The highest BCUT2D eigenvalue weighted by Crippen LogP contribution is 2.43. The van der Waals surface area contributed by atoms with Crippen LogP contribution in [0.25, 0.3) is 0 Å². The van der Waals surface area contributed by atoms with Crippen molar-refractivity contribution < 1.29 is 14.2 Å². The van der Waals surface area contributed by atoms with Crippen molar-refractivity contribution in [3.05, 3.63) is 46.3 Å². The molecule has 0 radical (unpaired) electrons. The first kappa shape index (κ1) is 27.6. The number of aliphatic imine (C=N–C) groups is 2. The molecule has 0 aromatic carbocycles. The van der Waals surface area contributed by atoms with Crippen LogP contribution in [0.1, 0.15) is 92.9 Å². The lowest BCUT2D eigenvalue weighted by atomic mass is 9.80. The maximum atomic E-state index is 6.47. The van der Waals surface area contributed by atoms with Crippen LogP contribution in [0.2, 0.25) is 0 Å². The van der Waals surface area contributed by atoms with Crippen molar-refractivity contribution in [1.82, 2.24) is 0 Å². The van der Waals surface area contributed by atoms with Gasteiger partial charge in [-0.05, 0) is 76.9 Å². The van der Waals surface area contributed by atoms with Gasteiger partial charge < -0.3 is 14.2 Å². The van der Waals surface area contributed by atoms with Crippen molar-refractivity contribution in [3.63, 3.8) is 0 Å². The molecule has 0 amide bonds. The zero-order chi connectivity index (χ0) is 25.3. The van der Waals surface area contributed by atoms with Crippen LogP contribution in [0.5, 0.6) is 0 Å². The lowest BCUT2D eigenvalue weighted by Gasteiger charge is -2.36. The third-order valence-corrected chi connectivity index (χ3v) is 7.24. The Bertz CT molecular complexity index is 891. The molecule has 0 bridgehead atoms. The first-order valence-electron chi connectivity index (χ1n) is 13.6. The molecule has 194 valence electrons. The summed E-state index contributed by atoms with van der Waals surface area (Å²) in [6.07, 6.45) is 16.8. The topological polar surface area (TPSA) is 52.4 Å². The van der Waals surface area contributed by atoms with Crippen molar-refractivity contribution in [2.45, 2.75) is 98.7 Å². The first-order valence-corrected chi connectivity index (χ1v) is 13.6. The van der Waals surface area contributed by atoms with Crippen LogP contribution in [0.15, 0.2) is 56.3 Å². The molecule has 1 saturated heterocycles. The van der Waals surface area contributed by atoms with E-state index >= 15 is 0 Å².